The predicted octanol–water partition coefficient (Wildman–Crippen LogP) is 0.715. The van der Waals surface area contributed by atoms with E-state index in [9.17, 15) is 5.11 Å². The molecule has 0 atom stereocenters. The zero-order chi connectivity index (χ0) is 20.0. The van der Waals surface area contributed by atoms with Crippen molar-refractivity contribution in [3.8, 4) is 28.7 Å². The molecule has 152 valence electrons. The van der Waals surface area contributed by atoms with Gasteiger partial charge in [-0.25, -0.2) is 0 Å². The van der Waals surface area contributed by atoms with Gasteiger partial charge in [0, 0.05) is 10.8 Å². The van der Waals surface area contributed by atoms with Gasteiger partial charge in [0.05, 0.1) is 44.6 Å². The Morgan fingerprint density at radius 1 is 0.655 bits per heavy atom. The van der Waals surface area contributed by atoms with Crippen LogP contribution in [-0.2, 0) is 7.05 Å². The van der Waals surface area contributed by atoms with Crippen LogP contribution in [0.15, 0.2) is 36.5 Å². The number of hydrogen-bond donors (Lipinski definition) is 1. The van der Waals surface area contributed by atoms with Crippen LogP contribution in [0.3, 0.4) is 0 Å². The van der Waals surface area contributed by atoms with E-state index in [-0.39, 0.29) is 18.2 Å². The van der Waals surface area contributed by atoms with Crippen LogP contribution in [0.4, 0.5) is 0 Å². The summed E-state index contributed by atoms with van der Waals surface area (Å²) in [4.78, 5) is 0. The minimum atomic E-state index is 0. The highest BCUT2D eigenvalue weighted by molar-refractivity contribution is 6.16. The van der Waals surface area contributed by atoms with Crippen molar-refractivity contribution in [2.24, 2.45) is 7.05 Å². The lowest BCUT2D eigenvalue weighted by Gasteiger charge is -2.13. The molecule has 4 rings (SSSR count). The summed E-state index contributed by atoms with van der Waals surface area (Å²) in [6, 6.07) is 9.33. The van der Waals surface area contributed by atoms with Gasteiger partial charge in [-0.3, -0.25) is 0 Å². The molecule has 29 heavy (non-hydrogen) atoms. The molecule has 0 bridgehead atoms. The Bertz CT molecular complexity index is 1240. The Kier molecular flexibility index (Phi) is 5.48. The van der Waals surface area contributed by atoms with Gasteiger partial charge in [-0.15, -0.1) is 0 Å². The molecule has 0 radical (unpaired) electrons. The summed E-state index contributed by atoms with van der Waals surface area (Å²) in [5.41, 5.74) is 0.966. The van der Waals surface area contributed by atoms with Crippen molar-refractivity contribution >= 4 is 32.4 Å². The van der Waals surface area contributed by atoms with Gasteiger partial charge < -0.3 is 36.5 Å². The molecule has 0 unspecified atom stereocenters. The van der Waals surface area contributed by atoms with Crippen molar-refractivity contribution in [2.45, 2.75) is 0 Å². The largest absolute Gasteiger partial charge is 1.00 e. The van der Waals surface area contributed by atoms with E-state index in [1.165, 1.54) is 0 Å². The second-order valence-corrected chi connectivity index (χ2v) is 6.58. The summed E-state index contributed by atoms with van der Waals surface area (Å²) in [6.45, 7) is 0. The molecule has 1 heterocycles. The first kappa shape index (κ1) is 20.6. The third-order valence-electron chi connectivity index (χ3n) is 5.12. The number of benzene rings is 3. The number of phenolic OH excluding ortho intramolecular Hbond substituents is 1. The number of phenols is 1. The molecule has 0 aliphatic rings. The first-order valence-corrected chi connectivity index (χ1v) is 8.78. The summed E-state index contributed by atoms with van der Waals surface area (Å²) in [5.74, 6) is 2.64. The summed E-state index contributed by atoms with van der Waals surface area (Å²) in [6.07, 6.45) is 2.03. The van der Waals surface area contributed by atoms with Crippen molar-refractivity contribution in [2.75, 3.05) is 28.4 Å². The second kappa shape index (κ2) is 7.72. The van der Waals surface area contributed by atoms with Crippen LogP contribution < -0.4 is 35.9 Å². The van der Waals surface area contributed by atoms with Crippen molar-refractivity contribution in [3.63, 3.8) is 0 Å². The fourth-order valence-electron chi connectivity index (χ4n) is 3.81. The van der Waals surface area contributed by atoms with Gasteiger partial charge in [0.25, 0.3) is 0 Å². The fourth-order valence-corrected chi connectivity index (χ4v) is 3.81. The molecule has 3 aromatic carbocycles. The van der Waals surface area contributed by atoms with Gasteiger partial charge in [0.1, 0.15) is 12.8 Å². The SMILES string of the molecule is COc1cc2c[n+](C)c3c4cc(OC)c(OC)cc4c(O)cc3c2cc1OC.[Cl-]. The molecule has 0 aliphatic heterocycles. The number of fused-ring (bicyclic) bond motifs is 5. The number of pyridine rings is 1. The number of methoxy groups -OCH3 is 4. The molecular formula is C22H22ClNO5. The van der Waals surface area contributed by atoms with Gasteiger partial charge in [0.2, 0.25) is 5.52 Å². The summed E-state index contributed by atoms with van der Waals surface area (Å²) in [7, 11) is 8.38. The second-order valence-electron chi connectivity index (χ2n) is 6.58. The maximum Gasteiger partial charge on any atom is 0.221 e. The molecule has 0 saturated heterocycles. The number of hydrogen-bond acceptors (Lipinski definition) is 5. The number of halogens is 1. The van der Waals surface area contributed by atoms with E-state index in [0.29, 0.717) is 28.4 Å². The van der Waals surface area contributed by atoms with Gasteiger partial charge in [-0.2, -0.15) is 4.57 Å². The van der Waals surface area contributed by atoms with Crippen LogP contribution in [0.5, 0.6) is 28.7 Å². The van der Waals surface area contributed by atoms with E-state index in [2.05, 4.69) is 0 Å². The molecule has 0 aliphatic carbocycles. The van der Waals surface area contributed by atoms with E-state index < -0.39 is 0 Å². The lowest BCUT2D eigenvalue weighted by molar-refractivity contribution is -0.642. The molecule has 6 nitrogen and oxygen atoms in total. The highest BCUT2D eigenvalue weighted by atomic mass is 35.5. The third-order valence-corrected chi connectivity index (χ3v) is 5.12. The molecule has 0 spiro atoms. The van der Waals surface area contributed by atoms with Crippen LogP contribution in [0, 0.1) is 0 Å². The highest BCUT2D eigenvalue weighted by Gasteiger charge is 2.21. The first-order valence-electron chi connectivity index (χ1n) is 8.78. The van der Waals surface area contributed by atoms with Gasteiger partial charge in [0.15, 0.2) is 29.2 Å². The van der Waals surface area contributed by atoms with Gasteiger partial charge >= 0.3 is 0 Å². The van der Waals surface area contributed by atoms with Crippen molar-refractivity contribution in [3.05, 3.63) is 36.5 Å². The van der Waals surface area contributed by atoms with Crippen molar-refractivity contribution in [1.29, 1.82) is 0 Å². The minimum absolute atomic E-state index is 0. The number of aromatic hydroxyl groups is 1. The summed E-state index contributed by atoms with van der Waals surface area (Å²) in [5, 5.41) is 15.2. The van der Waals surface area contributed by atoms with Crippen LogP contribution in [0.2, 0.25) is 0 Å². The number of rotatable bonds is 4. The summed E-state index contributed by atoms with van der Waals surface area (Å²) < 4.78 is 23.8. The average Bonchev–Trinajstić information content (AvgIpc) is 2.71. The maximum atomic E-state index is 10.8. The average molecular weight is 416 g/mol. The van der Waals surface area contributed by atoms with E-state index in [0.717, 1.165) is 27.1 Å². The lowest BCUT2D eigenvalue weighted by atomic mass is 9.99. The Morgan fingerprint density at radius 2 is 1.10 bits per heavy atom. The standard InChI is InChI=1S/C22H21NO5.ClH/c1-23-11-12-6-18(25-2)19(26-3)8-13(12)15-7-17(24)14-9-20(27-4)21(28-5)10-16(14)22(15)23;/h6-11H,1-5H3;1H. The number of aromatic nitrogens is 1. The first-order chi connectivity index (χ1) is 13.5. The van der Waals surface area contributed by atoms with E-state index in [1.807, 2.05) is 36.0 Å². The van der Waals surface area contributed by atoms with Crippen molar-refractivity contribution < 1.29 is 41.0 Å². The Balaban J connectivity index is 0.00000240. The van der Waals surface area contributed by atoms with E-state index in [4.69, 9.17) is 18.9 Å². The zero-order valence-corrected chi connectivity index (χ0v) is 17.6. The van der Waals surface area contributed by atoms with Crippen LogP contribution in [0.25, 0.3) is 32.4 Å². The molecule has 4 aromatic rings. The quantitative estimate of drug-likeness (QED) is 0.393. The summed E-state index contributed by atoms with van der Waals surface area (Å²) >= 11 is 0. The molecular weight excluding hydrogens is 394 g/mol. The fraction of sp³-hybridized carbons (Fsp3) is 0.227. The Hall–Kier alpha value is -3.12. The van der Waals surface area contributed by atoms with E-state index in [1.54, 1.807) is 40.6 Å². The zero-order valence-electron chi connectivity index (χ0n) is 16.9. The van der Waals surface area contributed by atoms with Crippen LogP contribution in [0.1, 0.15) is 0 Å². The lowest BCUT2D eigenvalue weighted by Crippen LogP contribution is -3.00. The molecule has 1 N–H and O–H groups in total. The van der Waals surface area contributed by atoms with Crippen LogP contribution >= 0.6 is 0 Å². The minimum Gasteiger partial charge on any atom is -1.00 e. The number of aryl methyl sites for hydroxylation is 1. The molecule has 0 saturated carbocycles. The predicted molar refractivity (Wildman–Crippen MR) is 108 cm³/mol. The molecule has 1 aromatic heterocycles. The smallest absolute Gasteiger partial charge is 0.221 e. The van der Waals surface area contributed by atoms with Crippen LogP contribution in [-0.4, -0.2) is 33.5 Å². The molecule has 7 heteroatoms. The topological polar surface area (TPSA) is 61.0 Å². The number of ether oxygens (including phenoxy) is 4. The molecule has 0 fully saturated rings. The third kappa shape index (κ3) is 3.09. The maximum absolute atomic E-state index is 10.8. The Morgan fingerprint density at radius 3 is 1.66 bits per heavy atom. The highest BCUT2D eigenvalue weighted by Crippen LogP contribution is 2.42. The monoisotopic (exact) mass is 415 g/mol. The number of nitrogens with zero attached hydrogens (tertiary/aromatic N) is 1. The van der Waals surface area contributed by atoms with E-state index >= 15 is 0 Å². The normalized spacial score (nSPS) is 10.8. The van der Waals surface area contributed by atoms with Crippen molar-refractivity contribution in [1.82, 2.24) is 0 Å². The Labute approximate surface area is 174 Å². The molecule has 0 amide bonds. The van der Waals surface area contributed by atoms with Gasteiger partial charge in [-0.05, 0) is 30.3 Å². The van der Waals surface area contributed by atoms with Gasteiger partial charge in [-0.1, -0.05) is 0 Å².